The van der Waals surface area contributed by atoms with Crippen molar-refractivity contribution in [2.45, 2.75) is 13.3 Å². The molecule has 0 aliphatic heterocycles. The molecule has 1 aromatic carbocycles. The van der Waals surface area contributed by atoms with E-state index in [4.69, 9.17) is 15.6 Å². The van der Waals surface area contributed by atoms with Crippen molar-refractivity contribution in [1.82, 2.24) is 0 Å². The van der Waals surface area contributed by atoms with Gasteiger partial charge in [-0.2, -0.15) is 0 Å². The van der Waals surface area contributed by atoms with Crippen LogP contribution in [0.1, 0.15) is 11.1 Å². The van der Waals surface area contributed by atoms with Crippen LogP contribution in [-0.2, 0) is 6.42 Å². The Bertz CT molecular complexity index is 308. The number of ether oxygens (including phenoxy) is 1. The Hall–Kier alpha value is -1.06. The summed E-state index contributed by atoms with van der Waals surface area (Å²) in [6.07, 6.45) is 0.817. The zero-order valence-electron chi connectivity index (χ0n) is 9.36. The number of hydrogen-bond acceptors (Lipinski definition) is 3. The average molecular weight is 209 g/mol. The van der Waals surface area contributed by atoms with Crippen molar-refractivity contribution < 1.29 is 9.84 Å². The first-order chi connectivity index (χ1) is 7.21. The molecule has 1 atom stereocenters. The van der Waals surface area contributed by atoms with Crippen molar-refractivity contribution >= 4 is 0 Å². The number of nitrogens with two attached hydrogens (primary N) is 1. The normalized spacial score (nSPS) is 12.5. The zero-order chi connectivity index (χ0) is 11.3. The Morgan fingerprint density at radius 1 is 1.47 bits per heavy atom. The van der Waals surface area contributed by atoms with Crippen LogP contribution in [0.15, 0.2) is 18.2 Å². The van der Waals surface area contributed by atoms with E-state index < -0.39 is 0 Å². The second kappa shape index (κ2) is 5.73. The maximum Gasteiger partial charge on any atom is 0.121 e. The van der Waals surface area contributed by atoms with Gasteiger partial charge in [-0.25, -0.2) is 0 Å². The molecule has 0 aliphatic carbocycles. The number of aliphatic hydroxyl groups excluding tert-OH is 1. The summed E-state index contributed by atoms with van der Waals surface area (Å²) in [4.78, 5) is 0. The summed E-state index contributed by atoms with van der Waals surface area (Å²) in [6, 6.07) is 6.05. The van der Waals surface area contributed by atoms with Gasteiger partial charge in [0.1, 0.15) is 5.75 Å². The zero-order valence-corrected chi connectivity index (χ0v) is 9.36. The number of hydrogen-bond donors (Lipinski definition) is 2. The lowest BCUT2D eigenvalue weighted by molar-refractivity contribution is 0.230. The molecule has 84 valence electrons. The van der Waals surface area contributed by atoms with Crippen LogP contribution < -0.4 is 10.5 Å². The highest BCUT2D eigenvalue weighted by Gasteiger charge is 2.07. The second-order valence-electron chi connectivity index (χ2n) is 3.79. The summed E-state index contributed by atoms with van der Waals surface area (Å²) in [5, 5.41) is 9.05. The van der Waals surface area contributed by atoms with Gasteiger partial charge in [-0.1, -0.05) is 12.1 Å². The third kappa shape index (κ3) is 3.22. The first kappa shape index (κ1) is 12.0. The molecule has 0 aliphatic rings. The van der Waals surface area contributed by atoms with Crippen molar-refractivity contribution in [2.75, 3.05) is 20.3 Å². The van der Waals surface area contributed by atoms with Gasteiger partial charge in [0.25, 0.3) is 0 Å². The van der Waals surface area contributed by atoms with Crippen LogP contribution in [0.3, 0.4) is 0 Å². The smallest absolute Gasteiger partial charge is 0.121 e. The Balaban J connectivity index is 2.74. The molecule has 0 radical (unpaired) electrons. The molecule has 0 bridgehead atoms. The van der Waals surface area contributed by atoms with Crippen molar-refractivity contribution in [1.29, 1.82) is 0 Å². The topological polar surface area (TPSA) is 55.5 Å². The van der Waals surface area contributed by atoms with Crippen molar-refractivity contribution in [2.24, 2.45) is 11.7 Å². The first-order valence-electron chi connectivity index (χ1n) is 5.15. The van der Waals surface area contributed by atoms with Gasteiger partial charge in [-0.3, -0.25) is 0 Å². The van der Waals surface area contributed by atoms with E-state index >= 15 is 0 Å². The van der Waals surface area contributed by atoms with Gasteiger partial charge in [0.15, 0.2) is 0 Å². The van der Waals surface area contributed by atoms with Gasteiger partial charge in [0.2, 0.25) is 0 Å². The lowest BCUT2D eigenvalue weighted by Crippen LogP contribution is -2.20. The summed E-state index contributed by atoms with van der Waals surface area (Å²) in [7, 11) is 1.67. The highest BCUT2D eigenvalue weighted by atomic mass is 16.5. The van der Waals surface area contributed by atoms with Gasteiger partial charge in [0, 0.05) is 6.61 Å². The molecule has 0 saturated heterocycles. The maximum absolute atomic E-state index is 9.05. The van der Waals surface area contributed by atoms with Gasteiger partial charge >= 0.3 is 0 Å². The van der Waals surface area contributed by atoms with E-state index in [0.717, 1.165) is 17.7 Å². The van der Waals surface area contributed by atoms with Gasteiger partial charge in [-0.15, -0.1) is 0 Å². The minimum atomic E-state index is 0.140. The third-order valence-electron chi connectivity index (χ3n) is 2.58. The van der Waals surface area contributed by atoms with Crippen LogP contribution in [0.2, 0.25) is 0 Å². The molecule has 0 saturated carbocycles. The fraction of sp³-hybridized carbons (Fsp3) is 0.500. The lowest BCUT2D eigenvalue weighted by Gasteiger charge is -2.12. The molecule has 1 unspecified atom stereocenters. The molecule has 0 aromatic heterocycles. The van der Waals surface area contributed by atoms with E-state index in [0.29, 0.717) is 6.54 Å². The Kier molecular flexibility index (Phi) is 4.59. The summed E-state index contributed by atoms with van der Waals surface area (Å²) in [5.41, 5.74) is 7.85. The van der Waals surface area contributed by atoms with Crippen LogP contribution in [0.4, 0.5) is 0 Å². The van der Waals surface area contributed by atoms with E-state index in [9.17, 15) is 0 Å². The monoisotopic (exact) mass is 209 g/mol. The quantitative estimate of drug-likeness (QED) is 0.764. The van der Waals surface area contributed by atoms with Crippen LogP contribution >= 0.6 is 0 Å². The fourth-order valence-corrected chi connectivity index (χ4v) is 1.62. The predicted molar refractivity (Wildman–Crippen MR) is 61.1 cm³/mol. The minimum Gasteiger partial charge on any atom is -0.496 e. The SMILES string of the molecule is COc1ccc(CC(CN)CO)cc1C. The van der Waals surface area contributed by atoms with Crippen molar-refractivity contribution in [3.8, 4) is 5.75 Å². The van der Waals surface area contributed by atoms with Crippen LogP contribution in [0, 0.1) is 12.8 Å². The number of aryl methyl sites for hydroxylation is 1. The van der Waals surface area contributed by atoms with E-state index in [1.165, 1.54) is 5.56 Å². The van der Waals surface area contributed by atoms with E-state index in [2.05, 4.69) is 6.07 Å². The molecular formula is C12H19NO2. The summed E-state index contributed by atoms with van der Waals surface area (Å²) >= 11 is 0. The molecule has 1 rings (SSSR count). The van der Waals surface area contributed by atoms with E-state index in [-0.39, 0.29) is 12.5 Å². The molecule has 1 aromatic rings. The summed E-state index contributed by atoms with van der Waals surface area (Å²) in [5.74, 6) is 1.05. The second-order valence-corrected chi connectivity index (χ2v) is 3.79. The Morgan fingerprint density at radius 3 is 2.67 bits per heavy atom. The highest BCUT2D eigenvalue weighted by molar-refractivity contribution is 5.36. The van der Waals surface area contributed by atoms with Gasteiger partial charge in [0.05, 0.1) is 7.11 Å². The first-order valence-corrected chi connectivity index (χ1v) is 5.15. The van der Waals surface area contributed by atoms with Crippen LogP contribution in [0.5, 0.6) is 5.75 Å². The fourth-order valence-electron chi connectivity index (χ4n) is 1.62. The van der Waals surface area contributed by atoms with Crippen LogP contribution in [-0.4, -0.2) is 25.4 Å². The highest BCUT2D eigenvalue weighted by Crippen LogP contribution is 2.20. The molecule has 0 spiro atoms. The average Bonchev–Trinajstić information content (AvgIpc) is 2.26. The van der Waals surface area contributed by atoms with E-state index in [1.807, 2.05) is 19.1 Å². The van der Waals surface area contributed by atoms with Crippen LogP contribution in [0.25, 0.3) is 0 Å². The summed E-state index contributed by atoms with van der Waals surface area (Å²) < 4.78 is 5.18. The lowest BCUT2D eigenvalue weighted by atomic mass is 9.99. The molecule has 3 N–H and O–H groups in total. The van der Waals surface area contributed by atoms with Crippen molar-refractivity contribution in [3.63, 3.8) is 0 Å². The number of rotatable bonds is 5. The molecule has 0 amide bonds. The molecular weight excluding hydrogens is 190 g/mol. The molecule has 0 heterocycles. The summed E-state index contributed by atoms with van der Waals surface area (Å²) in [6.45, 7) is 2.67. The predicted octanol–water partition coefficient (Wildman–Crippen LogP) is 1.11. The van der Waals surface area contributed by atoms with E-state index in [1.54, 1.807) is 7.11 Å². The van der Waals surface area contributed by atoms with Gasteiger partial charge < -0.3 is 15.6 Å². The Labute approximate surface area is 90.9 Å². The number of aliphatic hydroxyl groups is 1. The number of methoxy groups -OCH3 is 1. The van der Waals surface area contributed by atoms with Crippen molar-refractivity contribution in [3.05, 3.63) is 29.3 Å². The van der Waals surface area contributed by atoms with Gasteiger partial charge in [-0.05, 0) is 43.0 Å². The standard InChI is InChI=1S/C12H19NO2/c1-9-5-10(3-4-12(9)15-2)6-11(7-13)8-14/h3-5,11,14H,6-8,13H2,1-2H3. The third-order valence-corrected chi connectivity index (χ3v) is 2.58. The molecule has 15 heavy (non-hydrogen) atoms. The molecule has 3 heteroatoms. The number of benzene rings is 1. The largest absolute Gasteiger partial charge is 0.496 e. The molecule has 3 nitrogen and oxygen atoms in total. The molecule has 0 fully saturated rings. The maximum atomic E-state index is 9.05. The minimum absolute atomic E-state index is 0.140. The Morgan fingerprint density at radius 2 is 2.20 bits per heavy atom.